The quantitative estimate of drug-likeness (QED) is 0.287. The molecule has 2 saturated heterocycles. The maximum atomic E-state index is 15.7. The molecular weight excluding hydrogens is 589 g/mol. The van der Waals surface area contributed by atoms with Gasteiger partial charge < -0.3 is 19.7 Å². The molecular formula is C35H38FN5O5. The fourth-order valence-corrected chi connectivity index (χ4v) is 6.88. The number of aromatic nitrogens is 2. The standard InChI is InChI=1S/C35H38FN5O5/c1-20-23(22-14-28(36)26(30(15-22)46-5)17-41-18-35(19-41)12-13-37-33(35)44)8-6-9-24(20)25-10-7-11-29(21(25)2)38-31(42)27-16-39(3)34(45)40(4)32(27)43/h6-11,14-16,33,37,44H,12-13,17-19H2,1-5H3,(H,38,42). The Morgan fingerprint density at radius 3 is 2.41 bits per heavy atom. The summed E-state index contributed by atoms with van der Waals surface area (Å²) in [7, 11) is 4.36. The van der Waals surface area contributed by atoms with E-state index in [0.29, 0.717) is 42.2 Å². The van der Waals surface area contributed by atoms with Crippen molar-refractivity contribution >= 4 is 11.6 Å². The number of amides is 1. The third-order valence-electron chi connectivity index (χ3n) is 9.58. The average molecular weight is 628 g/mol. The lowest BCUT2D eigenvalue weighted by Crippen LogP contribution is -2.60. The van der Waals surface area contributed by atoms with Gasteiger partial charge in [0.25, 0.3) is 11.5 Å². The lowest BCUT2D eigenvalue weighted by atomic mass is 9.77. The molecule has 0 aliphatic carbocycles. The number of anilines is 1. The van der Waals surface area contributed by atoms with E-state index in [2.05, 4.69) is 15.5 Å². The highest BCUT2D eigenvalue weighted by Gasteiger charge is 2.51. The summed E-state index contributed by atoms with van der Waals surface area (Å²) in [6.07, 6.45) is 1.62. The van der Waals surface area contributed by atoms with Crippen LogP contribution in [0.3, 0.4) is 0 Å². The van der Waals surface area contributed by atoms with Crippen molar-refractivity contribution in [3.05, 3.63) is 104 Å². The number of hydrogen-bond acceptors (Lipinski definition) is 7. The molecule has 0 bridgehead atoms. The van der Waals surface area contributed by atoms with Crippen molar-refractivity contribution in [3.63, 3.8) is 0 Å². The number of rotatable bonds is 7. The first-order valence-electron chi connectivity index (χ1n) is 15.2. The van der Waals surface area contributed by atoms with Crippen LogP contribution in [0.1, 0.15) is 33.5 Å². The van der Waals surface area contributed by atoms with Gasteiger partial charge in [0, 0.05) is 56.6 Å². The number of nitrogens with zero attached hydrogens (tertiary/aromatic N) is 3. The normalized spacial score (nSPS) is 17.2. The second-order valence-electron chi connectivity index (χ2n) is 12.5. The van der Waals surface area contributed by atoms with Crippen LogP contribution in [0, 0.1) is 25.1 Å². The molecule has 3 aromatic carbocycles. The van der Waals surface area contributed by atoms with Crippen molar-refractivity contribution in [1.29, 1.82) is 0 Å². The van der Waals surface area contributed by atoms with Crippen LogP contribution >= 0.6 is 0 Å². The van der Waals surface area contributed by atoms with Crippen molar-refractivity contribution in [3.8, 4) is 28.0 Å². The maximum absolute atomic E-state index is 15.7. The molecule has 3 N–H and O–H groups in total. The number of methoxy groups -OCH3 is 1. The molecule has 3 heterocycles. The molecule has 10 nitrogen and oxygen atoms in total. The fourth-order valence-electron chi connectivity index (χ4n) is 6.88. The summed E-state index contributed by atoms with van der Waals surface area (Å²) < 4.78 is 23.5. The van der Waals surface area contributed by atoms with Gasteiger partial charge >= 0.3 is 5.69 Å². The Labute approximate surface area is 266 Å². The number of carbonyl (C=O) groups is 1. The van der Waals surface area contributed by atoms with E-state index in [4.69, 9.17) is 4.74 Å². The molecule has 1 spiro atoms. The number of nitrogens with one attached hydrogen (secondary N) is 2. The molecule has 46 heavy (non-hydrogen) atoms. The van der Waals surface area contributed by atoms with E-state index in [1.54, 1.807) is 19.2 Å². The van der Waals surface area contributed by atoms with Crippen molar-refractivity contribution in [1.82, 2.24) is 19.4 Å². The van der Waals surface area contributed by atoms with Crippen LogP contribution in [-0.4, -0.2) is 58.0 Å². The van der Waals surface area contributed by atoms with Crippen LogP contribution in [0.2, 0.25) is 0 Å². The summed E-state index contributed by atoms with van der Waals surface area (Å²) in [5, 5.41) is 16.2. The number of aliphatic hydroxyl groups is 1. The summed E-state index contributed by atoms with van der Waals surface area (Å²) in [5.74, 6) is -0.499. The first-order chi connectivity index (χ1) is 21.9. The van der Waals surface area contributed by atoms with Gasteiger partial charge in [-0.15, -0.1) is 0 Å². The van der Waals surface area contributed by atoms with Crippen LogP contribution in [0.25, 0.3) is 22.3 Å². The van der Waals surface area contributed by atoms with Crippen molar-refractivity contribution in [2.24, 2.45) is 19.5 Å². The van der Waals surface area contributed by atoms with Gasteiger partial charge in [0.1, 0.15) is 23.4 Å². The number of ether oxygens (including phenoxy) is 1. The van der Waals surface area contributed by atoms with E-state index in [0.717, 1.165) is 45.3 Å². The number of carbonyl (C=O) groups excluding carboxylic acids is 1. The Kier molecular flexibility index (Phi) is 8.18. The van der Waals surface area contributed by atoms with Gasteiger partial charge in [-0.05, 0) is 78.4 Å². The molecule has 2 aliphatic rings. The van der Waals surface area contributed by atoms with E-state index in [9.17, 15) is 19.5 Å². The summed E-state index contributed by atoms with van der Waals surface area (Å²) >= 11 is 0. The first-order valence-corrected chi connectivity index (χ1v) is 15.2. The van der Waals surface area contributed by atoms with Gasteiger partial charge in [-0.3, -0.25) is 24.4 Å². The number of aliphatic hydroxyl groups excluding tert-OH is 1. The largest absolute Gasteiger partial charge is 0.496 e. The van der Waals surface area contributed by atoms with E-state index in [1.807, 2.05) is 50.2 Å². The number of halogens is 1. The zero-order valence-electron chi connectivity index (χ0n) is 26.6. The zero-order chi connectivity index (χ0) is 32.9. The highest BCUT2D eigenvalue weighted by molar-refractivity contribution is 6.04. The number of aryl methyl sites for hydroxylation is 1. The minimum Gasteiger partial charge on any atom is -0.496 e. The Morgan fingerprint density at radius 2 is 1.74 bits per heavy atom. The number of hydrogen-bond donors (Lipinski definition) is 3. The van der Waals surface area contributed by atoms with E-state index in [-0.39, 0.29) is 16.8 Å². The molecule has 240 valence electrons. The molecule has 11 heteroatoms. The predicted molar refractivity (Wildman–Crippen MR) is 175 cm³/mol. The summed E-state index contributed by atoms with van der Waals surface area (Å²) in [5.41, 5.74) is 4.51. The van der Waals surface area contributed by atoms with Gasteiger partial charge in [0.2, 0.25) is 0 Å². The minimum absolute atomic E-state index is 0.145. The molecule has 1 unspecified atom stereocenters. The summed E-state index contributed by atoms with van der Waals surface area (Å²) in [6, 6.07) is 14.8. The van der Waals surface area contributed by atoms with Crippen LogP contribution in [-0.2, 0) is 20.6 Å². The van der Waals surface area contributed by atoms with Gasteiger partial charge in [-0.25, -0.2) is 9.18 Å². The average Bonchev–Trinajstić information content (AvgIpc) is 3.40. The number of benzene rings is 3. The molecule has 1 atom stereocenters. The third kappa shape index (κ3) is 5.34. The molecule has 0 saturated carbocycles. The molecule has 4 aromatic rings. The monoisotopic (exact) mass is 627 g/mol. The molecule has 1 aromatic heterocycles. The summed E-state index contributed by atoms with van der Waals surface area (Å²) in [6.45, 7) is 6.44. The van der Waals surface area contributed by atoms with Crippen molar-refractivity contribution in [2.45, 2.75) is 33.0 Å². The Morgan fingerprint density at radius 1 is 1.07 bits per heavy atom. The van der Waals surface area contributed by atoms with E-state index in [1.165, 1.54) is 24.9 Å². The molecule has 2 fully saturated rings. The van der Waals surface area contributed by atoms with Gasteiger partial charge in [-0.2, -0.15) is 0 Å². The van der Waals surface area contributed by atoms with Gasteiger partial charge in [-0.1, -0.05) is 30.3 Å². The molecule has 0 radical (unpaired) electrons. The second-order valence-corrected chi connectivity index (χ2v) is 12.5. The Hall–Kier alpha value is -4.58. The van der Waals surface area contributed by atoms with Crippen molar-refractivity contribution < 1.29 is 19.0 Å². The van der Waals surface area contributed by atoms with Crippen LogP contribution in [0.15, 0.2) is 64.3 Å². The lowest BCUT2D eigenvalue weighted by molar-refractivity contribution is -0.0840. The lowest BCUT2D eigenvalue weighted by Gasteiger charge is -2.49. The smallest absolute Gasteiger partial charge is 0.330 e. The van der Waals surface area contributed by atoms with Crippen LogP contribution < -0.4 is 26.6 Å². The Balaban J connectivity index is 1.28. The Bertz CT molecular complexity index is 1980. The predicted octanol–water partition coefficient (Wildman–Crippen LogP) is 3.55. The summed E-state index contributed by atoms with van der Waals surface area (Å²) in [4.78, 5) is 40.0. The molecule has 1 amide bonds. The maximum Gasteiger partial charge on any atom is 0.330 e. The number of likely N-dealkylation sites (tertiary alicyclic amines) is 1. The van der Waals surface area contributed by atoms with Crippen LogP contribution in [0.4, 0.5) is 10.1 Å². The highest BCUT2D eigenvalue weighted by Crippen LogP contribution is 2.42. The zero-order valence-corrected chi connectivity index (χ0v) is 26.6. The first kappa shape index (κ1) is 31.4. The second kappa shape index (κ2) is 12.0. The van der Waals surface area contributed by atoms with Crippen molar-refractivity contribution in [2.75, 3.05) is 32.1 Å². The SMILES string of the molecule is COc1cc(-c2cccc(-c3cccc(NC(=O)c4cn(C)c(=O)n(C)c4=O)c3C)c2C)cc(F)c1CN1CC2(CCNC2O)C1. The van der Waals surface area contributed by atoms with Crippen LogP contribution in [0.5, 0.6) is 5.75 Å². The topological polar surface area (TPSA) is 118 Å². The molecule has 2 aliphatic heterocycles. The van der Waals surface area contributed by atoms with Gasteiger partial charge in [0.15, 0.2) is 0 Å². The van der Waals surface area contributed by atoms with Gasteiger partial charge in [0.05, 0.1) is 7.11 Å². The fraction of sp³-hybridized carbons (Fsp3) is 0.343. The van der Waals surface area contributed by atoms with E-state index >= 15 is 4.39 Å². The third-order valence-corrected chi connectivity index (χ3v) is 9.58. The molecule has 6 rings (SSSR count). The highest BCUT2D eigenvalue weighted by atomic mass is 19.1. The minimum atomic E-state index is -0.676. The van der Waals surface area contributed by atoms with E-state index < -0.39 is 23.4 Å².